The molecule has 0 aliphatic carbocycles. The van der Waals surface area contributed by atoms with Crippen LogP contribution in [0.5, 0.6) is 0 Å². The predicted molar refractivity (Wildman–Crippen MR) is 129 cm³/mol. The standard InChI is InChI=1S/C25H53O3P/c1-4-7-10-11-12-13-14-15-16-17-18-19-20-22-24-28-29(26,25-9-6-3)27-23-21-8-5-2/h4-25H2,1-3H3. The van der Waals surface area contributed by atoms with E-state index in [9.17, 15) is 4.57 Å². The molecule has 0 aliphatic rings. The van der Waals surface area contributed by atoms with Crippen LogP contribution < -0.4 is 0 Å². The fraction of sp³-hybridized carbons (Fsp3) is 1.00. The monoisotopic (exact) mass is 432 g/mol. The van der Waals surface area contributed by atoms with E-state index in [-0.39, 0.29) is 0 Å². The first kappa shape index (κ1) is 29.1. The maximum Gasteiger partial charge on any atom is 0.330 e. The van der Waals surface area contributed by atoms with Crippen LogP contribution in [0.2, 0.25) is 0 Å². The Balaban J connectivity index is 3.53. The van der Waals surface area contributed by atoms with E-state index in [4.69, 9.17) is 9.05 Å². The summed E-state index contributed by atoms with van der Waals surface area (Å²) in [5.74, 6) is 0. The highest BCUT2D eigenvalue weighted by atomic mass is 31.2. The summed E-state index contributed by atoms with van der Waals surface area (Å²) >= 11 is 0. The van der Waals surface area contributed by atoms with E-state index in [0.29, 0.717) is 19.4 Å². The fourth-order valence-electron chi connectivity index (χ4n) is 3.57. The molecule has 0 aromatic heterocycles. The van der Waals surface area contributed by atoms with Crippen molar-refractivity contribution in [2.45, 2.75) is 143 Å². The largest absolute Gasteiger partial charge is 0.330 e. The van der Waals surface area contributed by atoms with Gasteiger partial charge in [0.1, 0.15) is 0 Å². The number of rotatable bonds is 24. The van der Waals surface area contributed by atoms with E-state index >= 15 is 0 Å². The SMILES string of the molecule is CCCCCCCCCCCCCCCCOP(=O)(CCCC)OCCCCC. The van der Waals surface area contributed by atoms with Crippen molar-refractivity contribution in [2.24, 2.45) is 0 Å². The summed E-state index contributed by atoms with van der Waals surface area (Å²) in [4.78, 5) is 0. The molecule has 0 aromatic rings. The Morgan fingerprint density at radius 1 is 0.448 bits per heavy atom. The fourth-order valence-corrected chi connectivity index (χ4v) is 5.42. The van der Waals surface area contributed by atoms with Gasteiger partial charge in [-0.25, -0.2) is 0 Å². The Morgan fingerprint density at radius 3 is 1.17 bits per heavy atom. The van der Waals surface area contributed by atoms with Crippen molar-refractivity contribution in [3.05, 3.63) is 0 Å². The second-order valence-corrected chi connectivity index (χ2v) is 10.8. The molecule has 29 heavy (non-hydrogen) atoms. The molecule has 0 aromatic carbocycles. The van der Waals surface area contributed by atoms with Gasteiger partial charge in [0.25, 0.3) is 0 Å². The van der Waals surface area contributed by atoms with Gasteiger partial charge >= 0.3 is 7.60 Å². The molecule has 0 amide bonds. The molecule has 0 rings (SSSR count). The molecular formula is C25H53O3P. The number of hydrogen-bond donors (Lipinski definition) is 0. The molecule has 176 valence electrons. The van der Waals surface area contributed by atoms with Crippen LogP contribution in [0.1, 0.15) is 143 Å². The molecule has 1 unspecified atom stereocenters. The van der Waals surface area contributed by atoms with E-state index in [2.05, 4.69) is 20.8 Å². The average Bonchev–Trinajstić information content (AvgIpc) is 2.73. The van der Waals surface area contributed by atoms with E-state index in [1.165, 1.54) is 83.5 Å². The van der Waals surface area contributed by atoms with Crippen LogP contribution in [-0.2, 0) is 13.6 Å². The molecule has 0 saturated heterocycles. The minimum atomic E-state index is -2.86. The topological polar surface area (TPSA) is 35.5 Å². The molecule has 0 radical (unpaired) electrons. The highest BCUT2D eigenvalue weighted by Gasteiger charge is 2.23. The lowest BCUT2D eigenvalue weighted by molar-refractivity contribution is 0.197. The van der Waals surface area contributed by atoms with Crippen molar-refractivity contribution in [3.8, 4) is 0 Å². The maximum absolute atomic E-state index is 12.8. The molecule has 0 saturated carbocycles. The highest BCUT2D eigenvalue weighted by molar-refractivity contribution is 7.53. The lowest BCUT2D eigenvalue weighted by Crippen LogP contribution is -2.03. The lowest BCUT2D eigenvalue weighted by atomic mass is 10.0. The number of unbranched alkanes of at least 4 members (excludes halogenated alkanes) is 16. The first-order valence-corrected chi connectivity index (χ1v) is 14.8. The summed E-state index contributed by atoms with van der Waals surface area (Å²) in [5.41, 5.74) is 0. The van der Waals surface area contributed by atoms with E-state index in [0.717, 1.165) is 38.5 Å². The summed E-state index contributed by atoms with van der Waals surface area (Å²) in [6, 6.07) is 0. The normalized spacial score (nSPS) is 13.6. The van der Waals surface area contributed by atoms with Gasteiger partial charge in [0.2, 0.25) is 0 Å². The van der Waals surface area contributed by atoms with Crippen molar-refractivity contribution < 1.29 is 13.6 Å². The minimum Gasteiger partial charge on any atom is -0.309 e. The summed E-state index contributed by atoms with van der Waals surface area (Å²) in [6.45, 7) is 7.74. The molecule has 0 aliphatic heterocycles. The van der Waals surface area contributed by atoms with E-state index in [1.54, 1.807) is 0 Å². The van der Waals surface area contributed by atoms with Gasteiger partial charge in [-0.1, -0.05) is 124 Å². The Kier molecular flexibility index (Phi) is 22.9. The van der Waals surface area contributed by atoms with Crippen LogP contribution in [0.15, 0.2) is 0 Å². The first-order valence-electron chi connectivity index (χ1n) is 13.1. The van der Waals surface area contributed by atoms with Crippen molar-refractivity contribution in [1.82, 2.24) is 0 Å². The molecular weight excluding hydrogens is 379 g/mol. The van der Waals surface area contributed by atoms with Gasteiger partial charge in [0.05, 0.1) is 19.4 Å². The Hall–Kier alpha value is 0.150. The van der Waals surface area contributed by atoms with Gasteiger partial charge in [-0.3, -0.25) is 4.57 Å². The second kappa shape index (κ2) is 22.8. The molecule has 0 heterocycles. The van der Waals surface area contributed by atoms with Crippen molar-refractivity contribution in [2.75, 3.05) is 19.4 Å². The zero-order valence-corrected chi connectivity index (χ0v) is 21.1. The molecule has 3 nitrogen and oxygen atoms in total. The van der Waals surface area contributed by atoms with Crippen LogP contribution in [-0.4, -0.2) is 19.4 Å². The van der Waals surface area contributed by atoms with Crippen LogP contribution in [0.3, 0.4) is 0 Å². The van der Waals surface area contributed by atoms with Crippen molar-refractivity contribution in [3.63, 3.8) is 0 Å². The minimum absolute atomic E-state index is 0.577. The quantitative estimate of drug-likeness (QED) is 0.112. The van der Waals surface area contributed by atoms with Gasteiger partial charge in [-0.05, 0) is 19.3 Å². The Morgan fingerprint density at radius 2 is 0.759 bits per heavy atom. The Bertz CT molecular complexity index is 360. The third-order valence-electron chi connectivity index (χ3n) is 5.61. The average molecular weight is 433 g/mol. The molecule has 0 fully saturated rings. The summed E-state index contributed by atoms with van der Waals surface area (Å²) in [7, 11) is -2.86. The highest BCUT2D eigenvalue weighted by Crippen LogP contribution is 2.49. The lowest BCUT2D eigenvalue weighted by Gasteiger charge is -2.18. The van der Waals surface area contributed by atoms with Crippen molar-refractivity contribution >= 4 is 7.60 Å². The summed E-state index contributed by atoms with van der Waals surface area (Å²) in [6.07, 6.45) is 24.7. The van der Waals surface area contributed by atoms with Gasteiger partial charge in [-0.15, -0.1) is 0 Å². The number of hydrogen-bond acceptors (Lipinski definition) is 3. The summed E-state index contributed by atoms with van der Waals surface area (Å²) in [5, 5.41) is 0. The van der Waals surface area contributed by atoms with E-state index < -0.39 is 7.60 Å². The third-order valence-corrected chi connectivity index (χ3v) is 7.62. The molecule has 0 N–H and O–H groups in total. The zero-order chi connectivity index (χ0) is 21.5. The maximum atomic E-state index is 12.8. The molecule has 0 spiro atoms. The van der Waals surface area contributed by atoms with Crippen LogP contribution in [0.4, 0.5) is 0 Å². The van der Waals surface area contributed by atoms with Gasteiger partial charge in [0, 0.05) is 0 Å². The summed E-state index contributed by atoms with van der Waals surface area (Å²) < 4.78 is 24.3. The van der Waals surface area contributed by atoms with Gasteiger partial charge < -0.3 is 9.05 Å². The Labute approximate surface area is 183 Å². The third kappa shape index (κ3) is 21.2. The molecule has 1 atom stereocenters. The predicted octanol–water partition coefficient (Wildman–Crippen LogP) is 9.68. The van der Waals surface area contributed by atoms with Crippen LogP contribution in [0.25, 0.3) is 0 Å². The van der Waals surface area contributed by atoms with E-state index in [1.807, 2.05) is 0 Å². The molecule has 0 bridgehead atoms. The second-order valence-electron chi connectivity index (χ2n) is 8.66. The zero-order valence-electron chi connectivity index (χ0n) is 20.2. The van der Waals surface area contributed by atoms with Gasteiger partial charge in [0.15, 0.2) is 0 Å². The smallest absolute Gasteiger partial charge is 0.309 e. The van der Waals surface area contributed by atoms with Crippen molar-refractivity contribution in [1.29, 1.82) is 0 Å². The first-order chi connectivity index (χ1) is 14.2. The van der Waals surface area contributed by atoms with Gasteiger partial charge in [-0.2, -0.15) is 0 Å². The van der Waals surface area contributed by atoms with Crippen LogP contribution >= 0.6 is 7.60 Å². The molecule has 4 heteroatoms. The van der Waals surface area contributed by atoms with Crippen LogP contribution in [0, 0.1) is 0 Å².